The van der Waals surface area contributed by atoms with Crippen LogP contribution in [0.2, 0.25) is 0 Å². The van der Waals surface area contributed by atoms with Gasteiger partial charge in [-0.15, -0.1) is 11.3 Å². The second kappa shape index (κ2) is 11.3. The van der Waals surface area contributed by atoms with E-state index in [1.54, 1.807) is 33.1 Å². The van der Waals surface area contributed by atoms with E-state index in [-0.39, 0.29) is 31.3 Å². The van der Waals surface area contributed by atoms with Crippen LogP contribution < -0.4 is 5.32 Å². The van der Waals surface area contributed by atoms with E-state index in [2.05, 4.69) is 10.3 Å². The Bertz CT molecular complexity index is 981. The average Bonchev–Trinajstić information content (AvgIpc) is 3.24. The van der Waals surface area contributed by atoms with Crippen LogP contribution in [0.3, 0.4) is 0 Å². The first-order chi connectivity index (χ1) is 16.8. The fourth-order valence-corrected chi connectivity index (χ4v) is 5.30. The van der Waals surface area contributed by atoms with Crippen molar-refractivity contribution in [2.75, 3.05) is 6.61 Å². The Hall–Kier alpha value is -1.72. The summed E-state index contributed by atoms with van der Waals surface area (Å²) in [5.74, 6) is -2.25. The van der Waals surface area contributed by atoms with Gasteiger partial charge in [0.25, 0.3) is 0 Å². The van der Waals surface area contributed by atoms with Gasteiger partial charge in [0.2, 0.25) is 5.91 Å². The van der Waals surface area contributed by atoms with Crippen LogP contribution in [-0.2, 0) is 19.1 Å². The molecule has 202 valence electrons. The number of nitrogens with zero attached hydrogens (tertiary/aromatic N) is 1. The van der Waals surface area contributed by atoms with Crippen molar-refractivity contribution in [1.29, 1.82) is 0 Å². The predicted octanol–water partition coefficient (Wildman–Crippen LogP) is 3.34. The minimum atomic E-state index is -1.33. The van der Waals surface area contributed by atoms with Crippen molar-refractivity contribution >= 4 is 29.1 Å². The smallest absolute Gasteiger partial charge is 0.223 e. The third-order valence-electron chi connectivity index (χ3n) is 7.57. The fraction of sp³-hybridized carbons (Fsp3) is 0.731. The van der Waals surface area contributed by atoms with Crippen LogP contribution >= 0.6 is 11.3 Å². The topological polar surface area (TPSA) is 121 Å². The van der Waals surface area contributed by atoms with E-state index >= 15 is 4.39 Å². The molecule has 2 aliphatic heterocycles. The van der Waals surface area contributed by atoms with Crippen molar-refractivity contribution in [1.82, 2.24) is 10.3 Å². The molecule has 0 radical (unpaired) electrons. The van der Waals surface area contributed by atoms with Gasteiger partial charge >= 0.3 is 0 Å². The Morgan fingerprint density at radius 1 is 1.33 bits per heavy atom. The van der Waals surface area contributed by atoms with E-state index in [4.69, 9.17) is 9.47 Å². The third kappa shape index (κ3) is 6.58. The van der Waals surface area contributed by atoms with Crippen molar-refractivity contribution < 1.29 is 33.7 Å². The van der Waals surface area contributed by atoms with Gasteiger partial charge in [0.15, 0.2) is 0 Å². The summed E-state index contributed by atoms with van der Waals surface area (Å²) in [6.07, 6.45) is -1.32. The van der Waals surface area contributed by atoms with Crippen molar-refractivity contribution in [3.05, 3.63) is 21.9 Å². The highest BCUT2D eigenvalue weighted by Gasteiger charge is 2.53. The lowest BCUT2D eigenvalue weighted by Crippen LogP contribution is -2.49. The fourth-order valence-electron chi connectivity index (χ4n) is 4.73. The molecule has 2 saturated heterocycles. The summed E-state index contributed by atoms with van der Waals surface area (Å²) in [6, 6.07) is -0.977. The van der Waals surface area contributed by atoms with E-state index in [0.29, 0.717) is 18.5 Å². The number of aryl methyl sites for hydroxylation is 1. The van der Waals surface area contributed by atoms with Crippen molar-refractivity contribution in [2.45, 2.75) is 103 Å². The molecule has 3 N–H and O–H groups in total. The number of halogens is 1. The van der Waals surface area contributed by atoms with Crippen LogP contribution in [0.4, 0.5) is 4.39 Å². The van der Waals surface area contributed by atoms with Gasteiger partial charge in [-0.25, -0.2) is 9.37 Å². The lowest BCUT2D eigenvalue weighted by Gasteiger charge is -2.35. The lowest BCUT2D eigenvalue weighted by atomic mass is 9.72. The summed E-state index contributed by atoms with van der Waals surface area (Å²) in [6.45, 7) is 10.6. The van der Waals surface area contributed by atoms with E-state index in [1.165, 1.54) is 17.4 Å². The number of thiazole rings is 1. The Labute approximate surface area is 216 Å². The first-order valence-electron chi connectivity index (χ1n) is 12.6. The van der Waals surface area contributed by atoms with Gasteiger partial charge in [-0.05, 0) is 33.3 Å². The molecule has 8 nitrogen and oxygen atoms in total. The maximum Gasteiger partial charge on any atom is 0.223 e. The number of aliphatic hydroxyl groups excluding tert-OH is 2. The molecule has 1 aromatic rings. The summed E-state index contributed by atoms with van der Waals surface area (Å²) in [5, 5.41) is 27.0. The number of aromatic nitrogens is 1. The molecule has 2 aliphatic rings. The maximum atomic E-state index is 15.4. The van der Waals surface area contributed by atoms with E-state index in [1.807, 2.05) is 13.8 Å². The van der Waals surface area contributed by atoms with Crippen LogP contribution in [0, 0.1) is 18.3 Å². The van der Waals surface area contributed by atoms with Crippen LogP contribution in [0.5, 0.6) is 0 Å². The largest absolute Gasteiger partial charge is 0.392 e. The molecule has 0 spiro atoms. The number of aliphatic hydroxyl groups is 2. The van der Waals surface area contributed by atoms with Crippen LogP contribution in [0.15, 0.2) is 11.2 Å². The molecular formula is C26H39FN2O6S. The highest BCUT2D eigenvalue weighted by atomic mass is 32.1. The molecule has 0 unspecified atom stereocenters. The van der Waals surface area contributed by atoms with E-state index in [9.17, 15) is 19.8 Å². The lowest BCUT2D eigenvalue weighted by molar-refractivity contribution is -0.147. The highest BCUT2D eigenvalue weighted by molar-refractivity contribution is 7.09. The number of fused-ring (bicyclic) bond motifs is 1. The third-order valence-corrected chi connectivity index (χ3v) is 8.36. The van der Waals surface area contributed by atoms with Gasteiger partial charge in [0, 0.05) is 30.7 Å². The SMILES string of the molecule is CC[C@H]1C(=O)C(C)(C)[C@@H](O)CC(=O)N[C@H](C(F)=Cc2csc(C)n2)C[C@@H]2O[C@]2(C)CCO[C@H](C)[C@H]1O. The molecule has 0 aromatic carbocycles. The number of epoxide rings is 1. The quantitative estimate of drug-likeness (QED) is 0.517. The summed E-state index contributed by atoms with van der Waals surface area (Å²) in [4.78, 5) is 30.5. The molecule has 0 aliphatic carbocycles. The number of amides is 1. The second-order valence-corrected chi connectivity index (χ2v) is 11.8. The number of ketones is 1. The first kappa shape index (κ1) is 28.8. The standard InChI is InChI=1S/C26H39FN2O6S/c1-7-17-23(32)14(2)34-9-8-26(6)21(35-26)11-19(18(27)10-16-13-36-15(3)28-16)29-22(31)12-20(30)25(4,5)24(17)33/h10,13-14,17,19-21,23,30,32H,7-9,11-12H2,1-6H3,(H,29,31)/t14-,17-,19+,20+,21+,23-,26-/m1/s1. The summed E-state index contributed by atoms with van der Waals surface area (Å²) in [7, 11) is 0. The molecule has 3 heterocycles. The van der Waals surface area contributed by atoms with Gasteiger partial charge in [-0.2, -0.15) is 0 Å². The molecule has 0 saturated carbocycles. The minimum Gasteiger partial charge on any atom is -0.392 e. The summed E-state index contributed by atoms with van der Waals surface area (Å²) >= 11 is 1.40. The van der Waals surface area contributed by atoms with Crippen molar-refractivity contribution in [2.24, 2.45) is 11.3 Å². The van der Waals surface area contributed by atoms with Crippen molar-refractivity contribution in [3.8, 4) is 0 Å². The number of carbonyl (C=O) groups excluding carboxylic acids is 2. The molecular weight excluding hydrogens is 487 g/mol. The first-order valence-corrected chi connectivity index (χ1v) is 13.4. The van der Waals surface area contributed by atoms with Gasteiger partial charge in [0.05, 0.1) is 58.6 Å². The number of hydrogen-bond acceptors (Lipinski definition) is 8. The zero-order chi connectivity index (χ0) is 26.8. The molecule has 3 rings (SSSR count). The predicted molar refractivity (Wildman–Crippen MR) is 135 cm³/mol. The number of nitrogens with one attached hydrogen (secondary N) is 1. The number of rotatable bonds is 3. The number of Topliss-reactive ketones (excluding diaryl/α,β-unsaturated/α-hetero) is 1. The molecule has 10 heteroatoms. The van der Waals surface area contributed by atoms with Gasteiger partial charge in [-0.3, -0.25) is 9.59 Å². The average molecular weight is 527 g/mol. The zero-order valence-electron chi connectivity index (χ0n) is 21.9. The Kier molecular flexibility index (Phi) is 9.09. The van der Waals surface area contributed by atoms with Gasteiger partial charge < -0.3 is 25.0 Å². The monoisotopic (exact) mass is 526 g/mol. The molecule has 2 fully saturated rings. The highest BCUT2D eigenvalue weighted by Crippen LogP contribution is 2.43. The van der Waals surface area contributed by atoms with Crippen LogP contribution in [0.1, 0.15) is 71.0 Å². The summed E-state index contributed by atoms with van der Waals surface area (Å²) < 4.78 is 27.1. The Morgan fingerprint density at radius 2 is 2.03 bits per heavy atom. The van der Waals surface area contributed by atoms with Crippen molar-refractivity contribution in [3.63, 3.8) is 0 Å². The second-order valence-electron chi connectivity index (χ2n) is 10.7. The molecule has 7 atom stereocenters. The van der Waals surface area contributed by atoms with E-state index in [0.717, 1.165) is 5.01 Å². The molecule has 1 amide bonds. The van der Waals surface area contributed by atoms with Gasteiger partial charge in [-0.1, -0.05) is 20.8 Å². The Balaban J connectivity index is 1.87. The molecule has 0 bridgehead atoms. The summed E-state index contributed by atoms with van der Waals surface area (Å²) in [5.41, 5.74) is -1.39. The number of ether oxygens (including phenoxy) is 2. The minimum absolute atomic E-state index is 0.197. The normalized spacial score (nSPS) is 36.8. The van der Waals surface area contributed by atoms with E-state index < -0.39 is 53.0 Å². The Morgan fingerprint density at radius 3 is 2.64 bits per heavy atom. The molecule has 36 heavy (non-hydrogen) atoms. The van der Waals surface area contributed by atoms with Crippen LogP contribution in [0.25, 0.3) is 6.08 Å². The van der Waals surface area contributed by atoms with Crippen LogP contribution in [-0.4, -0.2) is 69.6 Å². The maximum absolute atomic E-state index is 15.4. The van der Waals surface area contributed by atoms with Gasteiger partial charge in [0.1, 0.15) is 11.6 Å². The number of carbonyl (C=O) groups is 2. The molecule has 1 aromatic heterocycles. The zero-order valence-corrected chi connectivity index (χ0v) is 22.7. The number of hydrogen-bond donors (Lipinski definition) is 3.